The first-order chi connectivity index (χ1) is 15.4. The molecule has 1 N–H and O–H groups in total. The summed E-state index contributed by atoms with van der Waals surface area (Å²) in [5.74, 6) is 0.842. The van der Waals surface area contributed by atoms with Crippen molar-refractivity contribution < 1.29 is 13.9 Å². The van der Waals surface area contributed by atoms with Crippen molar-refractivity contribution in [2.75, 3.05) is 49.6 Å². The van der Waals surface area contributed by atoms with E-state index < -0.39 is 11.7 Å². The number of halogens is 2. The molecule has 2 aliphatic carbocycles. The van der Waals surface area contributed by atoms with Gasteiger partial charge < -0.3 is 15.0 Å². The van der Waals surface area contributed by atoms with Gasteiger partial charge in [0, 0.05) is 43.7 Å². The Morgan fingerprint density at radius 3 is 2.66 bits per heavy atom. The molecule has 2 saturated heterocycles. The molecule has 2 aromatic rings. The van der Waals surface area contributed by atoms with Crippen molar-refractivity contribution in [3.8, 4) is 0 Å². The molecule has 6 nitrogen and oxygen atoms in total. The van der Waals surface area contributed by atoms with Crippen molar-refractivity contribution in [2.45, 2.75) is 37.9 Å². The number of alkyl halides is 1. The molecular formula is C24H28ClFN4O2. The molecule has 2 aliphatic heterocycles. The maximum atomic E-state index is 14.4. The van der Waals surface area contributed by atoms with Crippen molar-refractivity contribution in [1.29, 1.82) is 0 Å². The number of piperazine rings is 1. The number of aromatic nitrogens is 1. The normalized spacial score (nSPS) is 31.3. The average molecular weight is 459 g/mol. The number of hydrogen-bond donors (Lipinski definition) is 1. The number of nitrogens with one attached hydrogen (secondary N) is 1. The molecule has 6 rings (SSSR count). The number of rotatable bonds is 4. The molecule has 4 fully saturated rings. The third-order valence-electron chi connectivity index (χ3n) is 8.11. The summed E-state index contributed by atoms with van der Waals surface area (Å²) in [7, 11) is 0. The van der Waals surface area contributed by atoms with Gasteiger partial charge in [-0.3, -0.25) is 9.69 Å². The lowest BCUT2D eigenvalue weighted by Crippen LogP contribution is -2.59. The van der Waals surface area contributed by atoms with Crippen molar-refractivity contribution in [2.24, 2.45) is 11.3 Å². The lowest BCUT2D eigenvalue weighted by molar-refractivity contribution is -0.117. The fourth-order valence-corrected chi connectivity index (χ4v) is 5.79. The van der Waals surface area contributed by atoms with Crippen LogP contribution >= 0.6 is 11.6 Å². The first-order valence-electron chi connectivity index (χ1n) is 11.5. The molecule has 0 bridgehead atoms. The summed E-state index contributed by atoms with van der Waals surface area (Å²) in [5.41, 5.74) is 0.748. The second-order valence-electron chi connectivity index (χ2n) is 10.1. The fourth-order valence-electron chi connectivity index (χ4n) is 5.50. The van der Waals surface area contributed by atoms with E-state index in [0.717, 1.165) is 49.1 Å². The molecular weight excluding hydrogens is 431 g/mol. The summed E-state index contributed by atoms with van der Waals surface area (Å²) in [6, 6.07) is 5.93. The van der Waals surface area contributed by atoms with Crippen LogP contribution in [0.4, 0.5) is 15.9 Å². The second-order valence-corrected chi connectivity index (χ2v) is 10.5. The number of hydrogen-bond acceptors (Lipinski definition) is 5. The molecule has 1 spiro atoms. The zero-order chi connectivity index (χ0) is 22.1. The quantitative estimate of drug-likeness (QED) is 0.753. The van der Waals surface area contributed by atoms with Gasteiger partial charge in [-0.25, -0.2) is 9.37 Å². The number of fused-ring (bicyclic) bond motifs is 1. The Labute approximate surface area is 192 Å². The van der Waals surface area contributed by atoms with Gasteiger partial charge in [-0.15, -0.1) is 0 Å². The predicted molar refractivity (Wildman–Crippen MR) is 123 cm³/mol. The molecule has 1 aromatic carbocycles. The van der Waals surface area contributed by atoms with Crippen LogP contribution in [-0.4, -0.2) is 66.9 Å². The van der Waals surface area contributed by atoms with Gasteiger partial charge in [0.15, 0.2) is 0 Å². The molecule has 4 aliphatic rings. The van der Waals surface area contributed by atoms with Crippen LogP contribution in [-0.2, 0) is 9.53 Å². The van der Waals surface area contributed by atoms with Gasteiger partial charge in [-0.1, -0.05) is 11.6 Å². The standard InChI is InChI=1S/C24H28ClFN4O2/c1-23(14-32-13-20(23)26)30-6-4-29(5-7-30)19-9-15-10-21(27-12-16(15)8-18(19)25)28-22(31)17-11-24(17)2-3-24/h8-10,12,17,20H,2-7,11,13-14H2,1H3,(H,27,28,31). The maximum Gasteiger partial charge on any atom is 0.229 e. The first-order valence-corrected chi connectivity index (χ1v) is 11.9. The molecule has 3 heterocycles. The molecule has 1 amide bonds. The van der Waals surface area contributed by atoms with Crippen LogP contribution in [0.3, 0.4) is 0 Å². The van der Waals surface area contributed by atoms with Crippen LogP contribution in [0.5, 0.6) is 0 Å². The highest BCUT2D eigenvalue weighted by Gasteiger charge is 2.65. The van der Waals surface area contributed by atoms with E-state index in [1.807, 2.05) is 19.1 Å². The maximum absolute atomic E-state index is 14.4. The highest BCUT2D eigenvalue weighted by Crippen LogP contribution is 2.70. The Balaban J connectivity index is 1.18. The minimum Gasteiger partial charge on any atom is -0.376 e. The topological polar surface area (TPSA) is 57.7 Å². The monoisotopic (exact) mass is 458 g/mol. The smallest absolute Gasteiger partial charge is 0.229 e. The van der Waals surface area contributed by atoms with Gasteiger partial charge in [0.1, 0.15) is 12.0 Å². The average Bonchev–Trinajstić information content (AvgIpc) is 3.70. The van der Waals surface area contributed by atoms with Gasteiger partial charge >= 0.3 is 0 Å². The number of ether oxygens (including phenoxy) is 1. The van der Waals surface area contributed by atoms with Crippen LogP contribution in [0.2, 0.25) is 5.02 Å². The minimum atomic E-state index is -0.954. The van der Waals surface area contributed by atoms with Crippen molar-refractivity contribution >= 4 is 39.8 Å². The molecule has 0 radical (unpaired) electrons. The van der Waals surface area contributed by atoms with Crippen LogP contribution in [0.1, 0.15) is 26.2 Å². The van der Waals surface area contributed by atoms with Gasteiger partial charge in [-0.2, -0.15) is 0 Å². The van der Waals surface area contributed by atoms with Crippen molar-refractivity contribution in [3.63, 3.8) is 0 Å². The summed E-state index contributed by atoms with van der Waals surface area (Å²) in [6.07, 6.45) is 4.20. The van der Waals surface area contributed by atoms with Gasteiger partial charge in [0.25, 0.3) is 0 Å². The zero-order valence-electron chi connectivity index (χ0n) is 18.2. The van der Waals surface area contributed by atoms with E-state index in [4.69, 9.17) is 16.3 Å². The number of carbonyl (C=O) groups is 1. The lowest BCUT2D eigenvalue weighted by Gasteiger charge is -2.44. The SMILES string of the molecule is CC1(N2CCN(c3cc4cc(NC(=O)C5CC56CC6)ncc4cc3Cl)CC2)COCC1F. The van der Waals surface area contributed by atoms with Gasteiger partial charge in [0.05, 0.1) is 29.5 Å². The summed E-state index contributed by atoms with van der Waals surface area (Å²) < 4.78 is 19.8. The summed E-state index contributed by atoms with van der Waals surface area (Å²) in [4.78, 5) is 21.4. The zero-order valence-corrected chi connectivity index (χ0v) is 19.0. The molecule has 3 atom stereocenters. The highest BCUT2D eigenvalue weighted by molar-refractivity contribution is 6.34. The second kappa shape index (κ2) is 7.27. The third-order valence-corrected chi connectivity index (χ3v) is 8.42. The van der Waals surface area contributed by atoms with Crippen molar-refractivity contribution in [3.05, 3.63) is 29.4 Å². The van der Waals surface area contributed by atoms with E-state index in [2.05, 4.69) is 26.2 Å². The van der Waals surface area contributed by atoms with Crippen LogP contribution in [0.25, 0.3) is 10.8 Å². The van der Waals surface area contributed by atoms with Crippen LogP contribution in [0, 0.1) is 11.3 Å². The third kappa shape index (κ3) is 3.37. The number of amides is 1. The Morgan fingerprint density at radius 2 is 2.00 bits per heavy atom. The summed E-state index contributed by atoms with van der Waals surface area (Å²) in [6.45, 7) is 5.64. The van der Waals surface area contributed by atoms with E-state index in [1.165, 1.54) is 12.8 Å². The highest BCUT2D eigenvalue weighted by atomic mass is 35.5. The molecule has 32 heavy (non-hydrogen) atoms. The predicted octanol–water partition coefficient (Wildman–Crippen LogP) is 3.88. The van der Waals surface area contributed by atoms with Gasteiger partial charge in [0.2, 0.25) is 5.91 Å². The Bertz CT molecular complexity index is 1090. The van der Waals surface area contributed by atoms with E-state index in [9.17, 15) is 9.18 Å². The van der Waals surface area contributed by atoms with Crippen LogP contribution in [0.15, 0.2) is 24.4 Å². The van der Waals surface area contributed by atoms with E-state index >= 15 is 0 Å². The van der Waals surface area contributed by atoms with E-state index in [0.29, 0.717) is 22.9 Å². The van der Waals surface area contributed by atoms with E-state index in [1.54, 1.807) is 6.20 Å². The van der Waals surface area contributed by atoms with Crippen LogP contribution < -0.4 is 10.2 Å². The Hall–Kier alpha value is -1.96. The molecule has 3 unspecified atom stereocenters. The summed E-state index contributed by atoms with van der Waals surface area (Å²) >= 11 is 6.63. The largest absolute Gasteiger partial charge is 0.376 e. The summed E-state index contributed by atoms with van der Waals surface area (Å²) in [5, 5.41) is 5.61. The number of nitrogens with zero attached hydrogens (tertiary/aromatic N) is 3. The Morgan fingerprint density at radius 1 is 1.22 bits per heavy atom. The first kappa shape index (κ1) is 20.6. The molecule has 2 saturated carbocycles. The number of pyridine rings is 1. The lowest BCUT2D eigenvalue weighted by atomic mass is 9.96. The van der Waals surface area contributed by atoms with E-state index in [-0.39, 0.29) is 18.4 Å². The molecule has 170 valence electrons. The molecule has 8 heteroatoms. The number of carbonyl (C=O) groups excluding carboxylic acids is 1. The Kier molecular flexibility index (Phi) is 4.69. The van der Waals surface area contributed by atoms with Crippen molar-refractivity contribution in [1.82, 2.24) is 9.88 Å². The van der Waals surface area contributed by atoms with Gasteiger partial charge in [-0.05, 0) is 55.2 Å². The number of benzene rings is 1. The number of anilines is 2. The molecule has 1 aromatic heterocycles. The minimum absolute atomic E-state index is 0.0928. The fraction of sp³-hybridized carbons (Fsp3) is 0.583.